The molecular formula is C24H32FIN4O2. The van der Waals surface area contributed by atoms with Crippen LogP contribution in [0.4, 0.5) is 4.39 Å². The number of ether oxygens (including phenoxy) is 2. The molecule has 1 aliphatic carbocycles. The molecule has 8 heteroatoms. The van der Waals surface area contributed by atoms with Crippen molar-refractivity contribution in [1.29, 1.82) is 0 Å². The van der Waals surface area contributed by atoms with E-state index in [4.69, 9.17) is 9.47 Å². The van der Waals surface area contributed by atoms with E-state index in [1.807, 2.05) is 31.3 Å². The SMILES string of the molecule is CN=C(NC1CC1c1ccccc1F)N1CCN(Cc2ccc(OC)c(OC)c2)CC1.I. The van der Waals surface area contributed by atoms with E-state index in [1.54, 1.807) is 20.3 Å². The number of halogens is 2. The van der Waals surface area contributed by atoms with Crippen molar-refractivity contribution in [2.75, 3.05) is 47.4 Å². The van der Waals surface area contributed by atoms with Gasteiger partial charge in [-0.25, -0.2) is 4.39 Å². The van der Waals surface area contributed by atoms with E-state index < -0.39 is 0 Å². The molecule has 174 valence electrons. The highest BCUT2D eigenvalue weighted by Crippen LogP contribution is 2.41. The molecule has 1 aliphatic heterocycles. The average molecular weight is 554 g/mol. The summed E-state index contributed by atoms with van der Waals surface area (Å²) in [6.45, 7) is 4.60. The molecule has 2 aliphatic rings. The van der Waals surface area contributed by atoms with Crippen LogP contribution in [-0.4, -0.2) is 69.2 Å². The first-order valence-corrected chi connectivity index (χ1v) is 10.8. The van der Waals surface area contributed by atoms with E-state index in [0.29, 0.717) is 0 Å². The van der Waals surface area contributed by atoms with Crippen LogP contribution >= 0.6 is 24.0 Å². The number of piperazine rings is 1. The van der Waals surface area contributed by atoms with Crippen molar-refractivity contribution in [2.45, 2.75) is 24.9 Å². The summed E-state index contributed by atoms with van der Waals surface area (Å²) in [7, 11) is 5.13. The van der Waals surface area contributed by atoms with Crippen molar-refractivity contribution < 1.29 is 13.9 Å². The molecule has 32 heavy (non-hydrogen) atoms. The third kappa shape index (κ3) is 5.64. The monoisotopic (exact) mass is 554 g/mol. The van der Waals surface area contributed by atoms with Crippen molar-refractivity contribution in [1.82, 2.24) is 15.1 Å². The molecule has 0 spiro atoms. The Kier molecular flexibility index (Phi) is 8.58. The van der Waals surface area contributed by atoms with Gasteiger partial charge in [0.15, 0.2) is 17.5 Å². The van der Waals surface area contributed by atoms with Gasteiger partial charge in [0.25, 0.3) is 0 Å². The topological polar surface area (TPSA) is 49.3 Å². The highest BCUT2D eigenvalue weighted by molar-refractivity contribution is 14.0. The molecule has 2 aromatic carbocycles. The van der Waals surface area contributed by atoms with Gasteiger partial charge in [-0.3, -0.25) is 9.89 Å². The average Bonchev–Trinajstić information content (AvgIpc) is 3.57. The lowest BCUT2D eigenvalue weighted by Crippen LogP contribution is -2.52. The lowest BCUT2D eigenvalue weighted by Gasteiger charge is -2.36. The van der Waals surface area contributed by atoms with Crippen LogP contribution in [0.3, 0.4) is 0 Å². The predicted octanol–water partition coefficient (Wildman–Crippen LogP) is 3.71. The van der Waals surface area contributed by atoms with Gasteiger partial charge in [-0.05, 0) is 35.7 Å². The number of rotatable bonds is 6. The van der Waals surface area contributed by atoms with Crippen LogP contribution in [0, 0.1) is 5.82 Å². The van der Waals surface area contributed by atoms with Crippen LogP contribution in [0.1, 0.15) is 23.5 Å². The summed E-state index contributed by atoms with van der Waals surface area (Å²) >= 11 is 0. The summed E-state index contributed by atoms with van der Waals surface area (Å²) in [5.74, 6) is 2.53. The van der Waals surface area contributed by atoms with Crippen LogP contribution in [0.15, 0.2) is 47.5 Å². The van der Waals surface area contributed by atoms with Gasteiger partial charge in [0.2, 0.25) is 0 Å². The summed E-state index contributed by atoms with van der Waals surface area (Å²) in [5, 5.41) is 3.54. The first kappa shape index (κ1) is 24.6. The van der Waals surface area contributed by atoms with Crippen LogP contribution in [0.5, 0.6) is 11.5 Å². The quantitative estimate of drug-likeness (QED) is 0.336. The van der Waals surface area contributed by atoms with Crippen molar-refractivity contribution in [3.8, 4) is 11.5 Å². The van der Waals surface area contributed by atoms with Gasteiger partial charge in [-0.15, -0.1) is 24.0 Å². The summed E-state index contributed by atoms with van der Waals surface area (Å²) in [6, 6.07) is 13.4. The zero-order valence-electron chi connectivity index (χ0n) is 18.9. The number of methoxy groups -OCH3 is 2. The molecule has 0 bridgehead atoms. The zero-order chi connectivity index (χ0) is 21.8. The smallest absolute Gasteiger partial charge is 0.193 e. The van der Waals surface area contributed by atoms with E-state index in [1.165, 1.54) is 11.6 Å². The summed E-state index contributed by atoms with van der Waals surface area (Å²) in [4.78, 5) is 9.21. The fourth-order valence-corrected chi connectivity index (χ4v) is 4.29. The molecule has 0 aromatic heterocycles. The van der Waals surface area contributed by atoms with Gasteiger partial charge in [0.1, 0.15) is 5.82 Å². The lowest BCUT2D eigenvalue weighted by molar-refractivity contribution is 0.172. The van der Waals surface area contributed by atoms with Gasteiger partial charge < -0.3 is 19.7 Å². The van der Waals surface area contributed by atoms with Crippen LogP contribution < -0.4 is 14.8 Å². The maximum atomic E-state index is 14.1. The lowest BCUT2D eigenvalue weighted by atomic mass is 10.1. The molecule has 1 saturated carbocycles. The number of guanidine groups is 1. The number of hydrogen-bond acceptors (Lipinski definition) is 4. The maximum absolute atomic E-state index is 14.1. The fraction of sp³-hybridized carbons (Fsp3) is 0.458. The Morgan fingerprint density at radius 1 is 1.06 bits per heavy atom. The molecule has 2 fully saturated rings. The van der Waals surface area contributed by atoms with E-state index >= 15 is 0 Å². The summed E-state index contributed by atoms with van der Waals surface area (Å²) < 4.78 is 24.8. The van der Waals surface area contributed by atoms with Crippen molar-refractivity contribution in [3.63, 3.8) is 0 Å². The van der Waals surface area contributed by atoms with Crippen molar-refractivity contribution in [3.05, 3.63) is 59.4 Å². The minimum absolute atomic E-state index is 0. The number of hydrogen-bond donors (Lipinski definition) is 1. The molecule has 1 saturated heterocycles. The second kappa shape index (κ2) is 11.2. The largest absolute Gasteiger partial charge is 0.493 e. The van der Waals surface area contributed by atoms with Crippen molar-refractivity contribution in [2.24, 2.45) is 4.99 Å². The van der Waals surface area contributed by atoms with Gasteiger partial charge in [0.05, 0.1) is 14.2 Å². The first-order valence-electron chi connectivity index (χ1n) is 10.8. The first-order chi connectivity index (χ1) is 15.1. The number of aliphatic imine (C=N–C) groups is 1. The molecule has 4 rings (SSSR count). The van der Waals surface area contributed by atoms with Crippen LogP contribution in [0.25, 0.3) is 0 Å². The normalized spacial score (nSPS) is 21.0. The molecular weight excluding hydrogens is 522 g/mol. The molecule has 1 N–H and O–H groups in total. The van der Waals surface area contributed by atoms with Gasteiger partial charge in [-0.2, -0.15) is 0 Å². The fourth-order valence-electron chi connectivity index (χ4n) is 4.29. The molecule has 2 aromatic rings. The molecule has 2 unspecified atom stereocenters. The van der Waals surface area contributed by atoms with E-state index in [0.717, 1.165) is 62.2 Å². The van der Waals surface area contributed by atoms with Crippen LogP contribution in [-0.2, 0) is 6.54 Å². The molecule has 0 amide bonds. The molecule has 1 heterocycles. The second-order valence-corrected chi connectivity index (χ2v) is 8.11. The number of benzene rings is 2. The minimum Gasteiger partial charge on any atom is -0.493 e. The Bertz CT molecular complexity index is 934. The third-order valence-electron chi connectivity index (χ3n) is 6.15. The Balaban J connectivity index is 0.00000289. The summed E-state index contributed by atoms with van der Waals surface area (Å²) in [6.07, 6.45) is 0.944. The van der Waals surface area contributed by atoms with Crippen molar-refractivity contribution >= 4 is 29.9 Å². The Morgan fingerprint density at radius 3 is 2.44 bits per heavy atom. The second-order valence-electron chi connectivity index (χ2n) is 8.11. The van der Waals surface area contributed by atoms with Gasteiger partial charge in [-0.1, -0.05) is 24.3 Å². The van der Waals surface area contributed by atoms with E-state index in [-0.39, 0.29) is 41.8 Å². The predicted molar refractivity (Wildman–Crippen MR) is 136 cm³/mol. The molecule has 0 radical (unpaired) electrons. The molecule has 6 nitrogen and oxygen atoms in total. The maximum Gasteiger partial charge on any atom is 0.193 e. The zero-order valence-corrected chi connectivity index (χ0v) is 21.2. The third-order valence-corrected chi connectivity index (χ3v) is 6.15. The Labute approximate surface area is 206 Å². The van der Waals surface area contributed by atoms with Gasteiger partial charge in [0, 0.05) is 51.7 Å². The van der Waals surface area contributed by atoms with Gasteiger partial charge >= 0.3 is 0 Å². The highest BCUT2D eigenvalue weighted by Gasteiger charge is 2.41. The minimum atomic E-state index is -0.115. The summed E-state index contributed by atoms with van der Waals surface area (Å²) in [5.41, 5.74) is 2.01. The van der Waals surface area contributed by atoms with E-state index in [9.17, 15) is 4.39 Å². The van der Waals surface area contributed by atoms with E-state index in [2.05, 4.69) is 26.2 Å². The highest BCUT2D eigenvalue weighted by atomic mass is 127. The molecule has 2 atom stereocenters. The Morgan fingerprint density at radius 2 is 1.78 bits per heavy atom. The number of nitrogens with zero attached hydrogens (tertiary/aromatic N) is 3. The van der Waals surface area contributed by atoms with Crippen LogP contribution in [0.2, 0.25) is 0 Å². The standard InChI is InChI=1S/C24H31FN4O2.HI/c1-26-24(27-21-15-19(21)18-6-4-5-7-20(18)25)29-12-10-28(11-13-29)16-17-8-9-22(30-2)23(14-17)31-3;/h4-9,14,19,21H,10-13,15-16H2,1-3H3,(H,26,27);1H. The number of nitrogens with one attached hydrogen (secondary N) is 1. The Hall–Kier alpha value is -2.07.